The van der Waals surface area contributed by atoms with Gasteiger partial charge in [0.15, 0.2) is 0 Å². The molecule has 2 aromatic rings. The van der Waals surface area contributed by atoms with E-state index >= 15 is 0 Å². The Labute approximate surface area is 123 Å². The van der Waals surface area contributed by atoms with Crippen LogP contribution >= 0.6 is 0 Å². The van der Waals surface area contributed by atoms with Crippen molar-refractivity contribution in [2.24, 2.45) is 0 Å². The van der Waals surface area contributed by atoms with Gasteiger partial charge in [-0.3, -0.25) is 0 Å². The smallest absolute Gasteiger partial charge is 0.144 e. The highest BCUT2D eigenvalue weighted by Gasteiger charge is 2.08. The first-order valence-electron chi connectivity index (χ1n) is 6.46. The second kappa shape index (κ2) is 6.83. The number of halogens is 1. The van der Waals surface area contributed by atoms with Crippen molar-refractivity contribution in [3.8, 4) is 17.2 Å². The van der Waals surface area contributed by atoms with Gasteiger partial charge in [0.05, 0.1) is 27.0 Å². The maximum atomic E-state index is 13.2. The van der Waals surface area contributed by atoms with E-state index in [1.54, 1.807) is 20.3 Å². The average Bonchev–Trinajstić information content (AvgIpc) is 2.53. The number of methoxy groups -OCH3 is 3. The zero-order chi connectivity index (χ0) is 15.2. The molecule has 1 N–H and O–H groups in total. The highest BCUT2D eigenvalue weighted by Crippen LogP contribution is 2.28. The Morgan fingerprint density at radius 1 is 0.905 bits per heavy atom. The summed E-state index contributed by atoms with van der Waals surface area (Å²) < 4.78 is 28.8. The van der Waals surface area contributed by atoms with E-state index in [0.717, 1.165) is 22.7 Å². The first-order valence-corrected chi connectivity index (χ1v) is 6.46. The highest BCUT2D eigenvalue weighted by molar-refractivity contribution is 5.57. The molecule has 0 spiro atoms. The van der Waals surface area contributed by atoms with Gasteiger partial charge in [-0.05, 0) is 24.3 Å². The van der Waals surface area contributed by atoms with E-state index in [1.165, 1.54) is 19.2 Å². The van der Waals surface area contributed by atoms with E-state index < -0.39 is 0 Å². The summed E-state index contributed by atoms with van der Waals surface area (Å²) in [4.78, 5) is 0. The Kier molecular flexibility index (Phi) is 4.87. The Morgan fingerprint density at radius 3 is 2.33 bits per heavy atom. The Bertz CT molecular complexity index is 616. The van der Waals surface area contributed by atoms with Gasteiger partial charge in [0.1, 0.15) is 23.1 Å². The summed E-state index contributed by atoms with van der Waals surface area (Å²) in [7, 11) is 4.72. The molecule has 2 rings (SSSR count). The SMILES string of the molecule is COc1ccc(CNc2ccc(F)cc2OC)c(OC)c1. The summed E-state index contributed by atoms with van der Waals surface area (Å²) in [6.45, 7) is 0.523. The number of nitrogens with one attached hydrogen (secondary N) is 1. The molecule has 0 unspecified atom stereocenters. The average molecular weight is 291 g/mol. The predicted molar refractivity (Wildman–Crippen MR) is 79.8 cm³/mol. The predicted octanol–water partition coefficient (Wildman–Crippen LogP) is 3.46. The highest BCUT2D eigenvalue weighted by atomic mass is 19.1. The first kappa shape index (κ1) is 15.0. The van der Waals surface area contributed by atoms with Gasteiger partial charge in [-0.25, -0.2) is 4.39 Å². The van der Waals surface area contributed by atoms with Crippen LogP contribution < -0.4 is 19.5 Å². The standard InChI is InChI=1S/C16H18FNO3/c1-19-13-6-4-11(15(9-13)20-2)10-18-14-7-5-12(17)8-16(14)21-3/h4-9,18H,10H2,1-3H3. The van der Waals surface area contributed by atoms with Crippen LogP contribution in [0.2, 0.25) is 0 Å². The molecule has 0 saturated carbocycles. The fourth-order valence-electron chi connectivity index (χ4n) is 2.00. The van der Waals surface area contributed by atoms with E-state index in [4.69, 9.17) is 14.2 Å². The van der Waals surface area contributed by atoms with Crippen LogP contribution in [0, 0.1) is 5.82 Å². The Balaban J connectivity index is 2.16. The fourth-order valence-corrected chi connectivity index (χ4v) is 2.00. The quantitative estimate of drug-likeness (QED) is 0.884. The lowest BCUT2D eigenvalue weighted by atomic mass is 10.2. The Morgan fingerprint density at radius 2 is 1.67 bits per heavy atom. The molecule has 0 aliphatic carbocycles. The van der Waals surface area contributed by atoms with E-state index in [1.807, 2.05) is 18.2 Å². The minimum Gasteiger partial charge on any atom is -0.497 e. The third-order valence-corrected chi connectivity index (χ3v) is 3.13. The number of rotatable bonds is 6. The molecule has 4 nitrogen and oxygen atoms in total. The summed E-state index contributed by atoms with van der Waals surface area (Å²) in [6.07, 6.45) is 0. The van der Waals surface area contributed by atoms with Crippen molar-refractivity contribution in [2.75, 3.05) is 26.6 Å². The maximum absolute atomic E-state index is 13.2. The summed E-state index contributed by atoms with van der Waals surface area (Å²) in [5, 5.41) is 3.21. The summed E-state index contributed by atoms with van der Waals surface area (Å²) >= 11 is 0. The molecule has 112 valence electrons. The summed E-state index contributed by atoms with van der Waals surface area (Å²) in [6, 6.07) is 9.97. The maximum Gasteiger partial charge on any atom is 0.144 e. The molecule has 0 saturated heterocycles. The van der Waals surface area contributed by atoms with Crippen LogP contribution in [0.15, 0.2) is 36.4 Å². The number of anilines is 1. The minimum absolute atomic E-state index is 0.334. The third-order valence-electron chi connectivity index (χ3n) is 3.13. The van der Waals surface area contributed by atoms with Crippen LogP contribution in [-0.4, -0.2) is 21.3 Å². The molecule has 0 atom stereocenters. The molecule has 5 heteroatoms. The van der Waals surface area contributed by atoms with Gasteiger partial charge < -0.3 is 19.5 Å². The second-order valence-electron chi connectivity index (χ2n) is 4.38. The lowest BCUT2D eigenvalue weighted by Gasteiger charge is -2.14. The van der Waals surface area contributed by atoms with E-state index in [-0.39, 0.29) is 5.82 Å². The number of ether oxygens (including phenoxy) is 3. The molecular formula is C16H18FNO3. The molecule has 0 aliphatic heterocycles. The van der Waals surface area contributed by atoms with Crippen molar-refractivity contribution in [3.63, 3.8) is 0 Å². The molecule has 21 heavy (non-hydrogen) atoms. The molecule has 0 bridgehead atoms. The van der Waals surface area contributed by atoms with Gasteiger partial charge in [-0.1, -0.05) is 0 Å². The van der Waals surface area contributed by atoms with Crippen LogP contribution in [0.4, 0.5) is 10.1 Å². The lowest BCUT2D eigenvalue weighted by molar-refractivity contribution is 0.391. The van der Waals surface area contributed by atoms with Gasteiger partial charge >= 0.3 is 0 Å². The normalized spacial score (nSPS) is 10.1. The minimum atomic E-state index is -0.334. The molecule has 0 amide bonds. The molecule has 0 fully saturated rings. The number of hydrogen-bond acceptors (Lipinski definition) is 4. The van der Waals surface area contributed by atoms with E-state index in [2.05, 4.69) is 5.32 Å². The van der Waals surface area contributed by atoms with E-state index in [9.17, 15) is 4.39 Å². The molecule has 0 heterocycles. The van der Waals surface area contributed by atoms with Gasteiger partial charge in [-0.15, -0.1) is 0 Å². The van der Waals surface area contributed by atoms with Crippen LogP contribution in [0.25, 0.3) is 0 Å². The second-order valence-corrected chi connectivity index (χ2v) is 4.38. The largest absolute Gasteiger partial charge is 0.497 e. The van der Waals surface area contributed by atoms with Crippen LogP contribution in [-0.2, 0) is 6.54 Å². The topological polar surface area (TPSA) is 39.7 Å². The zero-order valence-electron chi connectivity index (χ0n) is 12.3. The van der Waals surface area contributed by atoms with Gasteiger partial charge in [0.25, 0.3) is 0 Å². The van der Waals surface area contributed by atoms with Crippen molar-refractivity contribution in [1.82, 2.24) is 0 Å². The molecule has 0 radical (unpaired) electrons. The summed E-state index contributed by atoms with van der Waals surface area (Å²) in [5.41, 5.74) is 1.68. The first-order chi connectivity index (χ1) is 10.2. The monoisotopic (exact) mass is 291 g/mol. The zero-order valence-corrected chi connectivity index (χ0v) is 12.3. The summed E-state index contributed by atoms with van der Waals surface area (Å²) in [5.74, 6) is 1.58. The fraction of sp³-hybridized carbons (Fsp3) is 0.250. The van der Waals surface area contributed by atoms with Gasteiger partial charge in [0.2, 0.25) is 0 Å². The van der Waals surface area contributed by atoms with Crippen molar-refractivity contribution in [2.45, 2.75) is 6.54 Å². The van der Waals surface area contributed by atoms with Crippen molar-refractivity contribution < 1.29 is 18.6 Å². The molecular weight excluding hydrogens is 273 g/mol. The van der Waals surface area contributed by atoms with Crippen LogP contribution in [0.5, 0.6) is 17.2 Å². The molecule has 2 aromatic carbocycles. The van der Waals surface area contributed by atoms with Crippen LogP contribution in [0.1, 0.15) is 5.56 Å². The molecule has 0 aliphatic rings. The van der Waals surface area contributed by atoms with Gasteiger partial charge in [0, 0.05) is 24.2 Å². The van der Waals surface area contributed by atoms with Crippen molar-refractivity contribution >= 4 is 5.69 Å². The third kappa shape index (κ3) is 3.56. The van der Waals surface area contributed by atoms with Crippen molar-refractivity contribution in [1.29, 1.82) is 0 Å². The van der Waals surface area contributed by atoms with Crippen molar-refractivity contribution in [3.05, 3.63) is 47.8 Å². The van der Waals surface area contributed by atoms with Crippen LogP contribution in [0.3, 0.4) is 0 Å². The van der Waals surface area contributed by atoms with E-state index in [0.29, 0.717) is 12.3 Å². The molecule has 0 aromatic heterocycles. The lowest BCUT2D eigenvalue weighted by Crippen LogP contribution is -2.03. The number of benzene rings is 2. The number of hydrogen-bond donors (Lipinski definition) is 1. The van der Waals surface area contributed by atoms with Gasteiger partial charge in [-0.2, -0.15) is 0 Å². The Hall–Kier alpha value is -2.43.